The first kappa shape index (κ1) is 20.7. The number of para-hydroxylation sites is 1. The molecule has 0 saturated carbocycles. The largest absolute Gasteiger partial charge is 0.496 e. The average Bonchev–Trinajstić information content (AvgIpc) is 2.82. The number of rotatable bonds is 9. The third-order valence-electron chi connectivity index (χ3n) is 5.24. The fourth-order valence-corrected chi connectivity index (χ4v) is 3.59. The molecule has 158 valence electrons. The van der Waals surface area contributed by atoms with Gasteiger partial charge in [-0.1, -0.05) is 42.5 Å². The van der Waals surface area contributed by atoms with Crippen molar-refractivity contribution in [3.63, 3.8) is 0 Å². The first-order chi connectivity index (χ1) is 15.3. The molecule has 31 heavy (non-hydrogen) atoms. The lowest BCUT2D eigenvalue weighted by molar-refractivity contribution is 0.184. The monoisotopic (exact) mass is 413 g/mol. The number of aromatic nitrogens is 1. The molecule has 5 heteroatoms. The van der Waals surface area contributed by atoms with Crippen molar-refractivity contribution >= 4 is 22.4 Å². The molecule has 0 saturated heterocycles. The summed E-state index contributed by atoms with van der Waals surface area (Å²) in [6, 6.07) is 26.7. The highest BCUT2D eigenvalue weighted by Crippen LogP contribution is 2.22. The van der Waals surface area contributed by atoms with E-state index in [1.807, 2.05) is 36.4 Å². The van der Waals surface area contributed by atoms with Crippen molar-refractivity contribution in [1.29, 1.82) is 0 Å². The number of benzene rings is 3. The molecule has 4 rings (SSSR count). The van der Waals surface area contributed by atoms with Crippen LogP contribution in [0.1, 0.15) is 16.7 Å². The SMILES string of the molecule is COCc1ccccc1CNc1ccc2nc(NCc3ccccc3OC)ccc2c1. The highest BCUT2D eigenvalue weighted by atomic mass is 16.5. The Morgan fingerprint density at radius 1 is 0.742 bits per heavy atom. The smallest absolute Gasteiger partial charge is 0.126 e. The number of anilines is 2. The summed E-state index contributed by atoms with van der Waals surface area (Å²) in [5.74, 6) is 1.71. The van der Waals surface area contributed by atoms with E-state index in [-0.39, 0.29) is 0 Å². The highest BCUT2D eigenvalue weighted by Gasteiger charge is 2.05. The summed E-state index contributed by atoms with van der Waals surface area (Å²) in [4.78, 5) is 4.75. The van der Waals surface area contributed by atoms with Gasteiger partial charge in [-0.3, -0.25) is 0 Å². The van der Waals surface area contributed by atoms with Crippen molar-refractivity contribution in [3.8, 4) is 5.75 Å². The van der Waals surface area contributed by atoms with Gasteiger partial charge in [0.25, 0.3) is 0 Å². The Kier molecular flexibility index (Phi) is 6.65. The number of nitrogens with one attached hydrogen (secondary N) is 2. The van der Waals surface area contributed by atoms with Crippen LogP contribution in [0.3, 0.4) is 0 Å². The molecule has 2 N–H and O–H groups in total. The molecule has 0 atom stereocenters. The van der Waals surface area contributed by atoms with Crippen molar-refractivity contribution < 1.29 is 9.47 Å². The minimum absolute atomic E-state index is 0.615. The maximum atomic E-state index is 5.42. The average molecular weight is 414 g/mol. The number of hydrogen-bond acceptors (Lipinski definition) is 5. The van der Waals surface area contributed by atoms with Crippen LogP contribution in [0.15, 0.2) is 78.9 Å². The predicted octanol–water partition coefficient (Wildman–Crippen LogP) is 5.61. The lowest BCUT2D eigenvalue weighted by atomic mass is 10.1. The van der Waals surface area contributed by atoms with E-state index in [9.17, 15) is 0 Å². The van der Waals surface area contributed by atoms with E-state index in [0.29, 0.717) is 13.2 Å². The lowest BCUT2D eigenvalue weighted by Gasteiger charge is -2.12. The fourth-order valence-electron chi connectivity index (χ4n) is 3.59. The summed E-state index contributed by atoms with van der Waals surface area (Å²) >= 11 is 0. The van der Waals surface area contributed by atoms with Crippen molar-refractivity contribution in [1.82, 2.24) is 4.98 Å². The normalized spacial score (nSPS) is 10.8. The molecule has 0 aliphatic carbocycles. The van der Waals surface area contributed by atoms with E-state index in [0.717, 1.165) is 40.3 Å². The zero-order chi connectivity index (χ0) is 21.5. The molecule has 0 aliphatic rings. The van der Waals surface area contributed by atoms with Crippen LogP contribution in [0, 0.1) is 0 Å². The molecule has 0 amide bonds. The van der Waals surface area contributed by atoms with Crippen LogP contribution in [0.5, 0.6) is 5.75 Å². The van der Waals surface area contributed by atoms with Crippen LogP contribution in [0.4, 0.5) is 11.5 Å². The first-order valence-corrected chi connectivity index (χ1v) is 10.3. The van der Waals surface area contributed by atoms with Crippen molar-refractivity contribution in [2.24, 2.45) is 0 Å². The van der Waals surface area contributed by atoms with E-state index in [1.165, 1.54) is 11.1 Å². The van der Waals surface area contributed by atoms with Crippen LogP contribution in [0.25, 0.3) is 10.9 Å². The summed E-state index contributed by atoms with van der Waals surface area (Å²) in [5.41, 5.74) is 5.55. The number of fused-ring (bicyclic) bond motifs is 1. The second kappa shape index (κ2) is 9.96. The molecule has 0 spiro atoms. The summed E-state index contributed by atoms with van der Waals surface area (Å²) in [6.07, 6.45) is 0. The number of methoxy groups -OCH3 is 2. The zero-order valence-corrected chi connectivity index (χ0v) is 17.9. The van der Waals surface area contributed by atoms with Crippen LogP contribution < -0.4 is 15.4 Å². The van der Waals surface area contributed by atoms with E-state index in [2.05, 4.69) is 53.1 Å². The Bertz CT molecular complexity index is 1160. The van der Waals surface area contributed by atoms with E-state index in [4.69, 9.17) is 14.5 Å². The molecule has 0 fully saturated rings. The van der Waals surface area contributed by atoms with Gasteiger partial charge >= 0.3 is 0 Å². The molecule has 0 unspecified atom stereocenters. The van der Waals surface area contributed by atoms with Gasteiger partial charge in [0.15, 0.2) is 0 Å². The van der Waals surface area contributed by atoms with Gasteiger partial charge < -0.3 is 20.1 Å². The highest BCUT2D eigenvalue weighted by molar-refractivity contribution is 5.83. The Hall–Kier alpha value is -3.57. The van der Waals surface area contributed by atoms with Crippen LogP contribution in [-0.2, 0) is 24.4 Å². The van der Waals surface area contributed by atoms with Crippen LogP contribution in [0.2, 0.25) is 0 Å². The molecule has 4 aromatic rings. The fraction of sp³-hybridized carbons (Fsp3) is 0.192. The second-order valence-electron chi connectivity index (χ2n) is 7.32. The molecule has 1 aromatic heterocycles. The molecule has 3 aromatic carbocycles. The van der Waals surface area contributed by atoms with Gasteiger partial charge in [-0.2, -0.15) is 0 Å². The van der Waals surface area contributed by atoms with E-state index >= 15 is 0 Å². The third-order valence-corrected chi connectivity index (χ3v) is 5.24. The maximum absolute atomic E-state index is 5.42. The third kappa shape index (κ3) is 5.13. The number of hydrogen-bond donors (Lipinski definition) is 2. The number of pyridine rings is 1. The van der Waals surface area contributed by atoms with E-state index in [1.54, 1.807) is 14.2 Å². The summed E-state index contributed by atoms with van der Waals surface area (Å²) in [6.45, 7) is 2.02. The minimum Gasteiger partial charge on any atom is -0.496 e. The van der Waals surface area contributed by atoms with Crippen LogP contribution >= 0.6 is 0 Å². The summed E-state index contributed by atoms with van der Waals surface area (Å²) in [5, 5.41) is 8.00. The molecule has 5 nitrogen and oxygen atoms in total. The molecular formula is C26H27N3O2. The Labute approximate surface area is 183 Å². The van der Waals surface area contributed by atoms with Gasteiger partial charge in [0.1, 0.15) is 11.6 Å². The van der Waals surface area contributed by atoms with Crippen LogP contribution in [-0.4, -0.2) is 19.2 Å². The number of ether oxygens (including phenoxy) is 2. The van der Waals surface area contributed by atoms with Gasteiger partial charge in [0, 0.05) is 36.8 Å². The summed E-state index contributed by atoms with van der Waals surface area (Å²) < 4.78 is 10.7. The van der Waals surface area contributed by atoms with Gasteiger partial charge in [0.05, 0.1) is 19.2 Å². The maximum Gasteiger partial charge on any atom is 0.126 e. The number of nitrogens with zero attached hydrogens (tertiary/aromatic N) is 1. The molecule has 1 heterocycles. The molecular weight excluding hydrogens is 386 g/mol. The van der Waals surface area contributed by atoms with Crippen molar-refractivity contribution in [3.05, 3.63) is 95.6 Å². The van der Waals surface area contributed by atoms with Gasteiger partial charge in [-0.25, -0.2) is 4.98 Å². The van der Waals surface area contributed by atoms with Crippen molar-refractivity contribution in [2.75, 3.05) is 24.9 Å². The lowest BCUT2D eigenvalue weighted by Crippen LogP contribution is -2.04. The Morgan fingerprint density at radius 3 is 2.29 bits per heavy atom. The Balaban J connectivity index is 1.43. The summed E-state index contributed by atoms with van der Waals surface area (Å²) in [7, 11) is 3.41. The Morgan fingerprint density at radius 2 is 1.48 bits per heavy atom. The second-order valence-corrected chi connectivity index (χ2v) is 7.32. The van der Waals surface area contributed by atoms with Gasteiger partial charge in [-0.15, -0.1) is 0 Å². The molecule has 0 aliphatic heterocycles. The van der Waals surface area contributed by atoms with Gasteiger partial charge in [0.2, 0.25) is 0 Å². The molecule has 0 radical (unpaired) electrons. The predicted molar refractivity (Wildman–Crippen MR) is 127 cm³/mol. The topological polar surface area (TPSA) is 55.4 Å². The standard InChI is InChI=1S/C26H27N3O2/c1-30-18-22-9-4-3-7-20(22)16-27-23-12-13-24-19(15-23)11-14-26(29-24)28-17-21-8-5-6-10-25(21)31-2/h3-15,27H,16-18H2,1-2H3,(H,28,29). The van der Waals surface area contributed by atoms with Crippen molar-refractivity contribution in [2.45, 2.75) is 19.7 Å². The molecule has 0 bridgehead atoms. The van der Waals surface area contributed by atoms with Gasteiger partial charge in [-0.05, 0) is 47.5 Å². The van der Waals surface area contributed by atoms with E-state index < -0.39 is 0 Å². The quantitative estimate of drug-likeness (QED) is 0.373. The minimum atomic E-state index is 0.615. The zero-order valence-electron chi connectivity index (χ0n) is 17.9. The first-order valence-electron chi connectivity index (χ1n) is 10.3.